The molecule has 0 nitrogen and oxygen atoms in total. The Bertz CT molecular complexity index is 119. The van der Waals surface area contributed by atoms with Gasteiger partial charge in [0, 0.05) is 5.92 Å². The third-order valence-electron chi connectivity index (χ3n) is 1.75. The molecule has 1 aliphatic carbocycles. The molecule has 0 aromatic carbocycles. The van der Waals surface area contributed by atoms with Crippen LogP contribution in [0.3, 0.4) is 0 Å². The van der Waals surface area contributed by atoms with E-state index in [2.05, 4.69) is 18.3 Å². The van der Waals surface area contributed by atoms with Gasteiger partial charge in [-0.1, -0.05) is 18.8 Å². The molecular formula is C9H13. The maximum absolute atomic E-state index is 3.18. The predicted molar refractivity (Wildman–Crippen MR) is 39.7 cm³/mol. The van der Waals surface area contributed by atoms with Crippen molar-refractivity contribution in [1.82, 2.24) is 0 Å². The standard InChI is InChI=1S/C9H13/c1-2-6-9-7-4-3-5-8-9/h7,9H,3-5,8H2,1H3. The molecule has 1 aliphatic rings. The van der Waals surface area contributed by atoms with Crippen LogP contribution in [-0.2, 0) is 0 Å². The summed E-state index contributed by atoms with van der Waals surface area (Å²) < 4.78 is 0. The summed E-state index contributed by atoms with van der Waals surface area (Å²) in [6.45, 7) is 1.92. The average molecular weight is 121 g/mol. The topological polar surface area (TPSA) is 0 Å². The van der Waals surface area contributed by atoms with Crippen molar-refractivity contribution in [2.75, 3.05) is 0 Å². The lowest BCUT2D eigenvalue weighted by Crippen LogP contribution is -2.03. The van der Waals surface area contributed by atoms with E-state index in [1.54, 1.807) is 0 Å². The second kappa shape index (κ2) is 3.56. The Morgan fingerprint density at radius 1 is 1.44 bits per heavy atom. The first-order valence-corrected chi connectivity index (χ1v) is 3.69. The lowest BCUT2D eigenvalue weighted by Gasteiger charge is -2.14. The molecule has 0 saturated heterocycles. The van der Waals surface area contributed by atoms with Crippen molar-refractivity contribution < 1.29 is 0 Å². The Balaban J connectivity index is 2.28. The highest BCUT2D eigenvalue weighted by Crippen LogP contribution is 2.21. The van der Waals surface area contributed by atoms with Crippen molar-refractivity contribution in [3.05, 3.63) is 6.42 Å². The van der Waals surface area contributed by atoms with Crippen molar-refractivity contribution >= 4 is 0 Å². The summed E-state index contributed by atoms with van der Waals surface area (Å²) in [5.41, 5.74) is 0. The van der Waals surface area contributed by atoms with Crippen molar-refractivity contribution in [2.24, 2.45) is 5.92 Å². The largest absolute Gasteiger partial charge is 0.106 e. The van der Waals surface area contributed by atoms with E-state index in [1.165, 1.54) is 25.7 Å². The third kappa shape index (κ3) is 2.10. The highest BCUT2D eigenvalue weighted by Gasteiger charge is 2.09. The SMILES string of the molecule is CC#CC1[CH]CCCC1. The van der Waals surface area contributed by atoms with Crippen molar-refractivity contribution in [1.29, 1.82) is 0 Å². The van der Waals surface area contributed by atoms with E-state index in [-0.39, 0.29) is 0 Å². The second-order valence-electron chi connectivity index (χ2n) is 2.52. The lowest BCUT2D eigenvalue weighted by molar-refractivity contribution is 0.523. The van der Waals surface area contributed by atoms with Gasteiger partial charge in [-0.2, -0.15) is 0 Å². The average Bonchev–Trinajstić information content (AvgIpc) is 1.91. The zero-order valence-corrected chi connectivity index (χ0v) is 5.98. The molecule has 0 amide bonds. The third-order valence-corrected chi connectivity index (χ3v) is 1.75. The molecule has 1 unspecified atom stereocenters. The van der Waals surface area contributed by atoms with Crippen molar-refractivity contribution in [2.45, 2.75) is 32.6 Å². The Hall–Kier alpha value is -0.440. The molecule has 49 valence electrons. The number of rotatable bonds is 0. The van der Waals surface area contributed by atoms with Gasteiger partial charge in [0.2, 0.25) is 0 Å². The van der Waals surface area contributed by atoms with E-state index in [1.807, 2.05) is 6.92 Å². The Morgan fingerprint density at radius 2 is 2.33 bits per heavy atom. The van der Waals surface area contributed by atoms with Gasteiger partial charge in [0.05, 0.1) is 0 Å². The Kier molecular flexibility index (Phi) is 2.64. The molecule has 0 aromatic heterocycles. The zero-order chi connectivity index (χ0) is 6.53. The summed E-state index contributed by atoms with van der Waals surface area (Å²) in [6, 6.07) is 0. The van der Waals surface area contributed by atoms with Gasteiger partial charge in [-0.05, 0) is 26.2 Å². The maximum Gasteiger partial charge on any atom is 0.0234 e. The van der Waals surface area contributed by atoms with Gasteiger partial charge in [-0.15, -0.1) is 5.92 Å². The molecule has 9 heavy (non-hydrogen) atoms. The van der Waals surface area contributed by atoms with E-state index in [0.717, 1.165) is 0 Å². The molecule has 0 spiro atoms. The minimum Gasteiger partial charge on any atom is -0.106 e. The summed E-state index contributed by atoms with van der Waals surface area (Å²) in [7, 11) is 0. The van der Waals surface area contributed by atoms with E-state index in [0.29, 0.717) is 5.92 Å². The normalized spacial score (nSPS) is 20.6. The van der Waals surface area contributed by atoms with E-state index in [4.69, 9.17) is 0 Å². The van der Waals surface area contributed by atoms with Gasteiger partial charge in [-0.3, -0.25) is 0 Å². The van der Waals surface area contributed by atoms with Crippen LogP contribution in [0, 0.1) is 24.2 Å². The molecule has 0 bridgehead atoms. The van der Waals surface area contributed by atoms with E-state index in [9.17, 15) is 0 Å². The van der Waals surface area contributed by atoms with Crippen LogP contribution in [0.25, 0.3) is 0 Å². The van der Waals surface area contributed by atoms with Crippen LogP contribution in [0.5, 0.6) is 0 Å². The minimum atomic E-state index is 0.615. The molecule has 0 heterocycles. The smallest absolute Gasteiger partial charge is 0.0234 e. The fraction of sp³-hybridized carbons (Fsp3) is 0.667. The molecule has 0 aromatic rings. The van der Waals surface area contributed by atoms with Crippen LogP contribution in [0.4, 0.5) is 0 Å². The molecule has 1 saturated carbocycles. The van der Waals surface area contributed by atoms with Crippen LogP contribution in [-0.4, -0.2) is 0 Å². The van der Waals surface area contributed by atoms with Gasteiger partial charge in [0.15, 0.2) is 0 Å². The first-order valence-electron chi connectivity index (χ1n) is 3.69. The predicted octanol–water partition coefficient (Wildman–Crippen LogP) is 2.40. The van der Waals surface area contributed by atoms with Gasteiger partial charge in [0.1, 0.15) is 0 Å². The molecule has 0 heteroatoms. The highest BCUT2D eigenvalue weighted by atomic mass is 14.1. The summed E-state index contributed by atoms with van der Waals surface area (Å²) in [4.78, 5) is 0. The lowest BCUT2D eigenvalue weighted by atomic mass is 9.90. The fourth-order valence-corrected chi connectivity index (χ4v) is 1.26. The maximum atomic E-state index is 3.18. The van der Waals surface area contributed by atoms with Gasteiger partial charge >= 0.3 is 0 Å². The van der Waals surface area contributed by atoms with Crippen LogP contribution < -0.4 is 0 Å². The quantitative estimate of drug-likeness (QED) is 0.432. The fourth-order valence-electron chi connectivity index (χ4n) is 1.26. The summed E-state index contributed by atoms with van der Waals surface area (Å²) in [5.74, 6) is 6.75. The van der Waals surface area contributed by atoms with Crippen LogP contribution in [0.15, 0.2) is 0 Å². The van der Waals surface area contributed by atoms with E-state index >= 15 is 0 Å². The van der Waals surface area contributed by atoms with Crippen LogP contribution in [0.2, 0.25) is 0 Å². The first-order chi connectivity index (χ1) is 4.43. The molecule has 1 radical (unpaired) electrons. The van der Waals surface area contributed by atoms with E-state index < -0.39 is 0 Å². The van der Waals surface area contributed by atoms with Gasteiger partial charge < -0.3 is 0 Å². The highest BCUT2D eigenvalue weighted by molar-refractivity contribution is 5.07. The second-order valence-corrected chi connectivity index (χ2v) is 2.52. The molecule has 1 atom stereocenters. The molecule has 0 N–H and O–H groups in total. The minimum absolute atomic E-state index is 0.615. The summed E-state index contributed by atoms with van der Waals surface area (Å²) >= 11 is 0. The summed E-state index contributed by atoms with van der Waals surface area (Å²) in [5, 5.41) is 0. The molecule has 0 aliphatic heterocycles. The van der Waals surface area contributed by atoms with Gasteiger partial charge in [-0.25, -0.2) is 0 Å². The summed E-state index contributed by atoms with van der Waals surface area (Å²) in [6.07, 6.45) is 7.66. The molecule has 1 rings (SSSR count). The van der Waals surface area contributed by atoms with Crippen LogP contribution in [0.1, 0.15) is 32.6 Å². The van der Waals surface area contributed by atoms with Gasteiger partial charge in [0.25, 0.3) is 0 Å². The number of hydrogen-bond donors (Lipinski definition) is 0. The monoisotopic (exact) mass is 121 g/mol. The van der Waals surface area contributed by atoms with Crippen LogP contribution >= 0.6 is 0 Å². The van der Waals surface area contributed by atoms with Crippen molar-refractivity contribution in [3.63, 3.8) is 0 Å². The molecule has 1 fully saturated rings. The van der Waals surface area contributed by atoms with Crippen molar-refractivity contribution in [3.8, 4) is 11.8 Å². The number of hydrogen-bond acceptors (Lipinski definition) is 0. The zero-order valence-electron chi connectivity index (χ0n) is 5.98. The first kappa shape index (κ1) is 6.68. The Morgan fingerprint density at radius 3 is 2.89 bits per heavy atom. The molecular weight excluding hydrogens is 108 g/mol. The Labute approximate surface area is 57.7 Å².